The zero-order valence-corrected chi connectivity index (χ0v) is 16.0. The highest BCUT2D eigenvalue weighted by molar-refractivity contribution is 7.99. The largest absolute Gasteiger partial charge is 0.304 e. The van der Waals surface area contributed by atoms with Gasteiger partial charge in [-0.25, -0.2) is 0 Å². The van der Waals surface area contributed by atoms with Crippen LogP contribution in [0.5, 0.6) is 0 Å². The average Bonchev–Trinajstić information content (AvgIpc) is 2.72. The molecule has 2 aromatic rings. The Morgan fingerprint density at radius 2 is 1.62 bits per heavy atom. The molecule has 0 aromatic heterocycles. The Kier molecular flexibility index (Phi) is 4.81. The van der Waals surface area contributed by atoms with Crippen molar-refractivity contribution < 1.29 is 0 Å². The van der Waals surface area contributed by atoms with Crippen molar-refractivity contribution in [2.45, 2.75) is 22.3 Å². The zero-order chi connectivity index (χ0) is 16.7. The first-order valence-corrected chi connectivity index (χ1v) is 9.86. The summed E-state index contributed by atoms with van der Waals surface area (Å²) < 4.78 is 0. The van der Waals surface area contributed by atoms with Crippen LogP contribution in [0.25, 0.3) is 0 Å². The molecule has 24 heavy (non-hydrogen) atoms. The number of halogens is 2. The maximum atomic E-state index is 6.34. The van der Waals surface area contributed by atoms with Gasteiger partial charge < -0.3 is 4.90 Å². The predicted octanol–water partition coefficient (Wildman–Crippen LogP) is 4.99. The standard InChI is InChI=1S/C19H20Cl2N2S/c1-22-6-8-23(9-7-22)17-10-13-2-3-15(21)12-19(13)24-18-5-4-14(20)11-16(17)18/h2-5,11-12,17H,6-10H2,1H3. The summed E-state index contributed by atoms with van der Waals surface area (Å²) in [6.45, 7) is 4.43. The van der Waals surface area contributed by atoms with Crippen LogP contribution >= 0.6 is 35.0 Å². The molecule has 2 heterocycles. The van der Waals surface area contributed by atoms with Crippen molar-refractivity contribution in [2.75, 3.05) is 33.2 Å². The van der Waals surface area contributed by atoms with Gasteiger partial charge in [-0.2, -0.15) is 0 Å². The first-order valence-electron chi connectivity index (χ1n) is 8.28. The minimum Gasteiger partial charge on any atom is -0.304 e. The van der Waals surface area contributed by atoms with Crippen LogP contribution in [-0.2, 0) is 6.42 Å². The molecular weight excluding hydrogens is 359 g/mol. The number of fused-ring (bicyclic) bond motifs is 2. The fourth-order valence-electron chi connectivity index (χ4n) is 3.56. The van der Waals surface area contributed by atoms with Crippen LogP contribution in [-0.4, -0.2) is 43.0 Å². The molecular formula is C19H20Cl2N2S. The van der Waals surface area contributed by atoms with Crippen LogP contribution in [0.3, 0.4) is 0 Å². The van der Waals surface area contributed by atoms with E-state index in [0.29, 0.717) is 6.04 Å². The fraction of sp³-hybridized carbons (Fsp3) is 0.368. The molecule has 2 aliphatic rings. The van der Waals surface area contributed by atoms with Crippen molar-refractivity contribution >= 4 is 35.0 Å². The first-order chi connectivity index (χ1) is 11.6. The molecule has 5 heteroatoms. The summed E-state index contributed by atoms with van der Waals surface area (Å²) in [6, 6.07) is 13.0. The SMILES string of the molecule is CN1CCN(C2Cc3ccc(Cl)cc3Sc3ccc(Cl)cc32)CC1. The summed E-state index contributed by atoms with van der Waals surface area (Å²) in [5.74, 6) is 0. The lowest BCUT2D eigenvalue weighted by atomic mass is 9.96. The molecule has 0 saturated carbocycles. The second-order valence-corrected chi connectivity index (χ2v) is 8.55. The third-order valence-electron chi connectivity index (χ3n) is 4.97. The van der Waals surface area contributed by atoms with Crippen molar-refractivity contribution in [3.8, 4) is 0 Å². The van der Waals surface area contributed by atoms with Gasteiger partial charge in [0.05, 0.1) is 0 Å². The third kappa shape index (κ3) is 3.33. The molecule has 1 atom stereocenters. The lowest BCUT2D eigenvalue weighted by molar-refractivity contribution is 0.110. The molecule has 4 rings (SSSR count). The summed E-state index contributed by atoms with van der Waals surface area (Å²) in [6.07, 6.45) is 1.01. The number of piperazine rings is 1. The second-order valence-electron chi connectivity index (χ2n) is 6.60. The highest BCUT2D eigenvalue weighted by atomic mass is 35.5. The Balaban J connectivity index is 1.77. The number of likely N-dealkylation sites (N-methyl/N-ethyl adjacent to an activating group) is 1. The molecule has 2 aromatic carbocycles. The Hall–Kier alpha value is -0.710. The first kappa shape index (κ1) is 16.7. The predicted molar refractivity (Wildman–Crippen MR) is 103 cm³/mol. The van der Waals surface area contributed by atoms with Crippen LogP contribution in [0.2, 0.25) is 10.0 Å². The maximum absolute atomic E-state index is 6.34. The van der Waals surface area contributed by atoms with Crippen LogP contribution in [0.4, 0.5) is 0 Å². The van der Waals surface area contributed by atoms with E-state index in [1.165, 1.54) is 20.9 Å². The summed E-state index contributed by atoms with van der Waals surface area (Å²) in [7, 11) is 2.20. The van der Waals surface area contributed by atoms with Gasteiger partial charge in [-0.1, -0.05) is 41.0 Å². The lowest BCUT2D eigenvalue weighted by Gasteiger charge is -2.38. The van der Waals surface area contributed by atoms with Crippen molar-refractivity contribution in [3.63, 3.8) is 0 Å². The molecule has 1 unspecified atom stereocenters. The molecule has 1 fully saturated rings. The van der Waals surface area contributed by atoms with Gasteiger partial charge in [0.2, 0.25) is 0 Å². The second kappa shape index (κ2) is 6.89. The maximum Gasteiger partial charge on any atom is 0.0417 e. The Morgan fingerprint density at radius 3 is 2.42 bits per heavy atom. The highest BCUT2D eigenvalue weighted by Gasteiger charge is 2.29. The summed E-state index contributed by atoms with van der Waals surface area (Å²) in [4.78, 5) is 7.57. The van der Waals surface area contributed by atoms with Gasteiger partial charge in [0.15, 0.2) is 0 Å². The van der Waals surface area contributed by atoms with E-state index >= 15 is 0 Å². The van der Waals surface area contributed by atoms with Crippen LogP contribution in [0, 0.1) is 0 Å². The van der Waals surface area contributed by atoms with E-state index in [0.717, 1.165) is 42.6 Å². The average molecular weight is 379 g/mol. The van der Waals surface area contributed by atoms with Gasteiger partial charge in [-0.3, -0.25) is 4.90 Å². The molecule has 0 radical (unpaired) electrons. The minimum absolute atomic E-state index is 0.377. The summed E-state index contributed by atoms with van der Waals surface area (Å²) >= 11 is 14.4. The molecule has 0 N–H and O–H groups in total. The summed E-state index contributed by atoms with van der Waals surface area (Å²) in [5, 5.41) is 1.62. The minimum atomic E-state index is 0.377. The van der Waals surface area contributed by atoms with Crippen LogP contribution in [0.15, 0.2) is 46.2 Å². The number of benzene rings is 2. The van der Waals surface area contributed by atoms with Gasteiger partial charge in [0.1, 0.15) is 0 Å². The smallest absolute Gasteiger partial charge is 0.0417 e. The van der Waals surface area contributed by atoms with E-state index in [1.807, 2.05) is 23.9 Å². The van der Waals surface area contributed by atoms with Crippen LogP contribution in [0.1, 0.15) is 17.2 Å². The normalized spacial score (nSPS) is 21.9. The zero-order valence-electron chi connectivity index (χ0n) is 13.6. The molecule has 0 spiro atoms. The van der Waals surface area contributed by atoms with Gasteiger partial charge in [-0.15, -0.1) is 0 Å². The number of hydrogen-bond acceptors (Lipinski definition) is 3. The Morgan fingerprint density at radius 1 is 0.917 bits per heavy atom. The van der Waals surface area contributed by atoms with E-state index in [-0.39, 0.29) is 0 Å². The van der Waals surface area contributed by atoms with Crippen LogP contribution < -0.4 is 0 Å². The van der Waals surface area contributed by atoms with Crippen molar-refractivity contribution in [1.29, 1.82) is 0 Å². The quantitative estimate of drug-likeness (QED) is 0.689. The molecule has 126 valence electrons. The van der Waals surface area contributed by atoms with Crippen molar-refractivity contribution in [2.24, 2.45) is 0 Å². The lowest BCUT2D eigenvalue weighted by Crippen LogP contribution is -2.46. The topological polar surface area (TPSA) is 6.48 Å². The van der Waals surface area contributed by atoms with Gasteiger partial charge in [-0.05, 0) is 54.9 Å². The van der Waals surface area contributed by atoms with E-state index in [1.54, 1.807) is 0 Å². The molecule has 0 aliphatic carbocycles. The van der Waals surface area contributed by atoms with Gasteiger partial charge in [0, 0.05) is 52.1 Å². The van der Waals surface area contributed by atoms with E-state index < -0.39 is 0 Å². The molecule has 2 nitrogen and oxygen atoms in total. The number of hydrogen-bond donors (Lipinski definition) is 0. The number of rotatable bonds is 1. The van der Waals surface area contributed by atoms with E-state index in [9.17, 15) is 0 Å². The van der Waals surface area contributed by atoms with E-state index in [2.05, 4.69) is 41.1 Å². The van der Waals surface area contributed by atoms with Gasteiger partial charge in [0.25, 0.3) is 0 Å². The third-order valence-corrected chi connectivity index (χ3v) is 6.63. The number of nitrogens with zero attached hydrogens (tertiary/aromatic N) is 2. The van der Waals surface area contributed by atoms with Crippen molar-refractivity contribution in [1.82, 2.24) is 9.80 Å². The molecule has 1 saturated heterocycles. The summed E-state index contributed by atoms with van der Waals surface area (Å²) in [5.41, 5.74) is 2.73. The molecule has 0 bridgehead atoms. The van der Waals surface area contributed by atoms with Gasteiger partial charge >= 0.3 is 0 Å². The molecule has 0 amide bonds. The monoisotopic (exact) mass is 378 g/mol. The molecule has 2 aliphatic heterocycles. The Labute approximate surface area is 157 Å². The van der Waals surface area contributed by atoms with E-state index in [4.69, 9.17) is 23.2 Å². The fourth-order valence-corrected chi connectivity index (χ4v) is 5.13. The van der Waals surface area contributed by atoms with Crippen molar-refractivity contribution in [3.05, 3.63) is 57.6 Å². The highest BCUT2D eigenvalue weighted by Crippen LogP contribution is 2.44. The Bertz CT molecular complexity index is 757.